The highest BCUT2D eigenvalue weighted by molar-refractivity contribution is 6.31. The van der Waals surface area contributed by atoms with Crippen molar-refractivity contribution in [3.8, 4) is 0 Å². The van der Waals surface area contributed by atoms with Gasteiger partial charge in [0.25, 0.3) is 0 Å². The summed E-state index contributed by atoms with van der Waals surface area (Å²) in [6.45, 7) is -0.352. The average Bonchev–Trinajstić information content (AvgIpc) is 3.60. The number of carbonyl (C=O) groups is 2. The molecule has 11 heteroatoms. The Labute approximate surface area is 235 Å². The van der Waals surface area contributed by atoms with Crippen molar-refractivity contribution in [2.45, 2.75) is 68.0 Å². The van der Waals surface area contributed by atoms with Crippen molar-refractivity contribution < 1.29 is 28.6 Å². The molecule has 2 amide bonds. The minimum absolute atomic E-state index is 0.0863. The van der Waals surface area contributed by atoms with Gasteiger partial charge in [-0.15, -0.1) is 0 Å². The van der Waals surface area contributed by atoms with Crippen LogP contribution in [0.15, 0.2) is 30.3 Å². The lowest BCUT2D eigenvalue weighted by molar-refractivity contribution is -0.124. The lowest BCUT2D eigenvalue weighted by Gasteiger charge is -2.36. The molecule has 5 atom stereocenters. The van der Waals surface area contributed by atoms with Gasteiger partial charge in [-0.2, -0.15) is 0 Å². The Morgan fingerprint density at radius 3 is 2.54 bits per heavy atom. The summed E-state index contributed by atoms with van der Waals surface area (Å²) in [5, 5.41) is 27.6. The first kappa shape index (κ1) is 28.2. The van der Waals surface area contributed by atoms with Gasteiger partial charge in [-0.3, -0.25) is 9.59 Å². The molecule has 3 aliphatic rings. The zero-order valence-electron chi connectivity index (χ0n) is 21.2. The van der Waals surface area contributed by atoms with Gasteiger partial charge >= 0.3 is 0 Å². The number of fused-ring (bicyclic) bond motifs is 2. The lowest BCUT2D eigenvalue weighted by atomic mass is 9.63. The Kier molecular flexibility index (Phi) is 8.18. The lowest BCUT2D eigenvalue weighted by Crippen LogP contribution is -2.49. The topological polar surface area (TPSA) is 111 Å². The zero-order chi connectivity index (χ0) is 27.9. The Morgan fingerprint density at radius 2 is 1.85 bits per heavy atom. The van der Waals surface area contributed by atoms with Crippen LogP contribution in [0.25, 0.3) is 0 Å². The molecule has 0 bridgehead atoms. The summed E-state index contributed by atoms with van der Waals surface area (Å²) in [5.74, 6) is -2.72. The number of hydrogen-bond acceptors (Lipinski definition) is 5. The fourth-order valence-corrected chi connectivity index (χ4v) is 7.06. The number of aliphatic hydroxyl groups excluding tert-OH is 2. The Bertz CT molecular complexity index is 1280. The molecule has 2 fully saturated rings. The van der Waals surface area contributed by atoms with E-state index in [1.54, 1.807) is 0 Å². The molecule has 5 unspecified atom stereocenters. The second-order valence-corrected chi connectivity index (χ2v) is 11.6. The van der Waals surface area contributed by atoms with Gasteiger partial charge < -0.3 is 26.2 Å². The van der Waals surface area contributed by atoms with Crippen molar-refractivity contribution >= 4 is 40.7 Å². The van der Waals surface area contributed by atoms with Crippen LogP contribution < -0.4 is 16.0 Å². The van der Waals surface area contributed by atoms with Crippen molar-refractivity contribution in [1.29, 1.82) is 0 Å². The van der Waals surface area contributed by atoms with E-state index in [4.69, 9.17) is 28.3 Å². The van der Waals surface area contributed by atoms with Gasteiger partial charge in [0, 0.05) is 24.2 Å². The number of halogens is 4. The highest BCUT2D eigenvalue weighted by Crippen LogP contribution is 2.57. The first-order valence-electron chi connectivity index (χ1n) is 13.2. The van der Waals surface area contributed by atoms with Crippen LogP contribution >= 0.6 is 23.2 Å². The van der Waals surface area contributed by atoms with Gasteiger partial charge in [-0.05, 0) is 54.2 Å². The van der Waals surface area contributed by atoms with Crippen LogP contribution in [0.1, 0.15) is 55.6 Å². The standard InChI is InChI=1S/C28H31Cl2F2N3O4/c29-18-10-15(5-6-20(18)31)24-25(26(38)33-8-7-16(37)13-36)35-23(9-14-3-1-2-4-14)28(24)17-11-21(32)19(30)12-22(17)34-27(28)39/h5-6,10-12,14,16,23-25,35-37H,1-4,7-9,13H2,(H,33,38)(H,34,39). The molecular weight excluding hydrogens is 551 g/mol. The largest absolute Gasteiger partial charge is 0.394 e. The van der Waals surface area contributed by atoms with E-state index in [-0.39, 0.29) is 23.0 Å². The SMILES string of the molecule is O=C(NCCC(O)CO)C1NC(CC2CCCC2)C2(C(=O)Nc3cc(Cl)c(F)cc32)C1c1ccc(F)c(Cl)c1. The smallest absolute Gasteiger partial charge is 0.237 e. The van der Waals surface area contributed by atoms with E-state index in [1.165, 1.54) is 30.3 Å². The third-order valence-corrected chi connectivity index (χ3v) is 9.08. The highest BCUT2D eigenvalue weighted by atomic mass is 35.5. The maximum Gasteiger partial charge on any atom is 0.237 e. The normalized spacial score (nSPS) is 27.1. The predicted molar refractivity (Wildman–Crippen MR) is 144 cm³/mol. The minimum atomic E-state index is -1.41. The molecule has 39 heavy (non-hydrogen) atoms. The molecule has 1 aliphatic carbocycles. The summed E-state index contributed by atoms with van der Waals surface area (Å²) >= 11 is 12.3. The van der Waals surface area contributed by atoms with E-state index in [0.29, 0.717) is 29.2 Å². The van der Waals surface area contributed by atoms with E-state index in [0.717, 1.165) is 25.7 Å². The maximum absolute atomic E-state index is 15.0. The van der Waals surface area contributed by atoms with Gasteiger partial charge in [0.1, 0.15) is 17.0 Å². The van der Waals surface area contributed by atoms with E-state index in [1.807, 2.05) is 0 Å². The van der Waals surface area contributed by atoms with Crippen molar-refractivity contribution in [3.63, 3.8) is 0 Å². The Morgan fingerprint density at radius 1 is 1.13 bits per heavy atom. The molecule has 7 nitrogen and oxygen atoms in total. The second-order valence-electron chi connectivity index (χ2n) is 10.8. The van der Waals surface area contributed by atoms with Crippen LogP contribution in [0.2, 0.25) is 10.0 Å². The molecule has 2 heterocycles. The molecule has 0 aromatic heterocycles. The van der Waals surface area contributed by atoms with Crippen LogP contribution in [0.3, 0.4) is 0 Å². The average molecular weight is 582 g/mol. The summed E-state index contributed by atoms with van der Waals surface area (Å²) < 4.78 is 29.2. The number of anilines is 1. The van der Waals surface area contributed by atoms with Gasteiger partial charge in [0.05, 0.1) is 28.8 Å². The van der Waals surface area contributed by atoms with Crippen LogP contribution in [0.4, 0.5) is 14.5 Å². The van der Waals surface area contributed by atoms with Crippen LogP contribution in [-0.4, -0.2) is 53.4 Å². The number of aliphatic hydroxyl groups is 2. The van der Waals surface area contributed by atoms with Gasteiger partial charge in [-0.25, -0.2) is 8.78 Å². The first-order chi connectivity index (χ1) is 18.7. The van der Waals surface area contributed by atoms with Crippen LogP contribution in [0, 0.1) is 17.6 Å². The van der Waals surface area contributed by atoms with Crippen molar-refractivity contribution in [1.82, 2.24) is 10.6 Å². The fraction of sp³-hybridized carbons (Fsp3) is 0.500. The quantitative estimate of drug-likeness (QED) is 0.323. The third kappa shape index (κ3) is 5.04. The highest BCUT2D eigenvalue weighted by Gasteiger charge is 2.65. The third-order valence-electron chi connectivity index (χ3n) is 8.50. The monoisotopic (exact) mass is 581 g/mol. The Hall–Kier alpha value is -2.30. The number of rotatable bonds is 8. The van der Waals surface area contributed by atoms with Crippen molar-refractivity contribution in [2.24, 2.45) is 5.92 Å². The molecule has 210 valence electrons. The van der Waals surface area contributed by atoms with Crippen LogP contribution in [-0.2, 0) is 15.0 Å². The summed E-state index contributed by atoms with van der Waals surface area (Å²) in [4.78, 5) is 27.8. The summed E-state index contributed by atoms with van der Waals surface area (Å²) in [7, 11) is 0. The van der Waals surface area contributed by atoms with Crippen molar-refractivity contribution in [3.05, 3.63) is 63.1 Å². The van der Waals surface area contributed by atoms with Gasteiger partial charge in [0.2, 0.25) is 11.8 Å². The Balaban J connectivity index is 1.64. The summed E-state index contributed by atoms with van der Waals surface area (Å²) in [6, 6.07) is 5.24. The number of benzene rings is 2. The maximum atomic E-state index is 15.0. The summed E-state index contributed by atoms with van der Waals surface area (Å²) in [5.41, 5.74) is -0.190. The molecule has 5 rings (SSSR count). The summed E-state index contributed by atoms with van der Waals surface area (Å²) in [6.07, 6.45) is 3.84. The molecule has 1 spiro atoms. The molecule has 2 aromatic rings. The van der Waals surface area contributed by atoms with E-state index in [2.05, 4.69) is 16.0 Å². The van der Waals surface area contributed by atoms with Gasteiger partial charge in [-0.1, -0.05) is 55.0 Å². The van der Waals surface area contributed by atoms with E-state index >= 15 is 0 Å². The van der Waals surface area contributed by atoms with Gasteiger partial charge in [0.15, 0.2) is 0 Å². The first-order valence-corrected chi connectivity index (χ1v) is 14.0. The van der Waals surface area contributed by atoms with Crippen molar-refractivity contribution in [2.75, 3.05) is 18.5 Å². The fourth-order valence-electron chi connectivity index (χ4n) is 6.70. The number of nitrogens with one attached hydrogen (secondary N) is 3. The second kappa shape index (κ2) is 11.3. The molecule has 5 N–H and O–H groups in total. The van der Waals surface area contributed by atoms with E-state index in [9.17, 15) is 23.5 Å². The molecule has 1 saturated carbocycles. The van der Waals surface area contributed by atoms with Crippen LogP contribution in [0.5, 0.6) is 0 Å². The molecule has 2 aliphatic heterocycles. The van der Waals surface area contributed by atoms with E-state index < -0.39 is 59.6 Å². The predicted octanol–water partition coefficient (Wildman–Crippen LogP) is 4.03. The molecule has 0 radical (unpaired) electrons. The molecular formula is C28H31Cl2F2N3O4. The molecule has 2 aromatic carbocycles. The number of carbonyl (C=O) groups excluding carboxylic acids is 2. The molecule has 1 saturated heterocycles. The number of amides is 2. The number of hydrogen-bond donors (Lipinski definition) is 5. The zero-order valence-corrected chi connectivity index (χ0v) is 22.7. The minimum Gasteiger partial charge on any atom is -0.394 e.